The number of rotatable bonds is 5. The van der Waals surface area contributed by atoms with E-state index in [4.69, 9.17) is 15.2 Å². The highest BCUT2D eigenvalue weighted by molar-refractivity contribution is 14.0. The number of methoxy groups -OCH3 is 2. The van der Waals surface area contributed by atoms with Crippen LogP contribution in [-0.4, -0.2) is 26.2 Å². The van der Waals surface area contributed by atoms with Crippen LogP contribution in [0.15, 0.2) is 23.2 Å². The van der Waals surface area contributed by atoms with Gasteiger partial charge in [-0.2, -0.15) is 0 Å². The molecule has 0 aliphatic heterocycles. The molecular formula is C15H22IN3O2. The van der Waals surface area contributed by atoms with Crippen molar-refractivity contribution in [3.63, 3.8) is 0 Å². The number of hydrogen-bond donors (Lipinski definition) is 2. The van der Waals surface area contributed by atoms with E-state index in [2.05, 4.69) is 10.3 Å². The van der Waals surface area contributed by atoms with E-state index in [9.17, 15) is 0 Å². The van der Waals surface area contributed by atoms with Crippen molar-refractivity contribution in [2.45, 2.75) is 25.3 Å². The number of nitrogens with zero attached hydrogens (tertiary/aromatic N) is 1. The number of guanidine groups is 1. The number of ether oxygens (including phenoxy) is 2. The van der Waals surface area contributed by atoms with Gasteiger partial charge in [0.1, 0.15) is 0 Å². The summed E-state index contributed by atoms with van der Waals surface area (Å²) in [6, 6.07) is 6.02. The number of nitrogens with two attached hydrogens (primary N) is 1. The van der Waals surface area contributed by atoms with Crippen LogP contribution >= 0.6 is 24.0 Å². The fourth-order valence-electron chi connectivity index (χ4n) is 2.65. The summed E-state index contributed by atoms with van der Waals surface area (Å²) < 4.78 is 10.5. The summed E-state index contributed by atoms with van der Waals surface area (Å²) in [7, 11) is 3.23. The van der Waals surface area contributed by atoms with Gasteiger partial charge in [-0.25, -0.2) is 4.99 Å². The fourth-order valence-corrected chi connectivity index (χ4v) is 2.65. The predicted octanol–water partition coefficient (Wildman–Crippen LogP) is 2.85. The third kappa shape index (κ3) is 3.93. The number of halogens is 1. The molecule has 2 fully saturated rings. The van der Waals surface area contributed by atoms with Gasteiger partial charge < -0.3 is 20.5 Å². The van der Waals surface area contributed by atoms with Crippen LogP contribution in [0.5, 0.6) is 11.5 Å². The molecule has 3 N–H and O–H groups in total. The molecule has 0 heterocycles. The van der Waals surface area contributed by atoms with Crippen molar-refractivity contribution in [1.82, 2.24) is 0 Å². The first-order valence-electron chi connectivity index (χ1n) is 7.03. The minimum atomic E-state index is 0. The minimum Gasteiger partial charge on any atom is -0.493 e. The second kappa shape index (κ2) is 6.72. The molecule has 2 atom stereocenters. The third-order valence-electron chi connectivity index (χ3n) is 3.99. The molecule has 2 saturated carbocycles. The van der Waals surface area contributed by atoms with Gasteiger partial charge in [-0.15, -0.1) is 24.0 Å². The second-order valence-corrected chi connectivity index (χ2v) is 5.51. The zero-order valence-corrected chi connectivity index (χ0v) is 14.7. The average Bonchev–Trinajstić information content (AvgIpc) is 3.31. The van der Waals surface area contributed by atoms with Crippen molar-refractivity contribution in [2.75, 3.05) is 19.5 Å². The fraction of sp³-hybridized carbons (Fsp3) is 0.533. The number of nitrogens with one attached hydrogen (secondary N) is 1. The third-order valence-corrected chi connectivity index (χ3v) is 3.99. The van der Waals surface area contributed by atoms with Gasteiger partial charge in [-0.3, -0.25) is 0 Å². The molecular weight excluding hydrogens is 381 g/mol. The second-order valence-electron chi connectivity index (χ2n) is 5.51. The normalized spacial score (nSPS) is 24.0. The molecule has 5 nitrogen and oxygen atoms in total. The Bertz CT molecular complexity index is 532. The van der Waals surface area contributed by atoms with E-state index >= 15 is 0 Å². The van der Waals surface area contributed by atoms with E-state index in [0.717, 1.165) is 17.5 Å². The molecule has 0 unspecified atom stereocenters. The molecule has 0 radical (unpaired) electrons. The smallest absolute Gasteiger partial charge is 0.193 e. The van der Waals surface area contributed by atoms with Crippen LogP contribution in [0.25, 0.3) is 0 Å². The quantitative estimate of drug-likeness (QED) is 0.451. The van der Waals surface area contributed by atoms with E-state index < -0.39 is 0 Å². The topological polar surface area (TPSA) is 68.9 Å². The van der Waals surface area contributed by atoms with E-state index in [1.54, 1.807) is 14.2 Å². The number of benzene rings is 1. The van der Waals surface area contributed by atoms with Crippen molar-refractivity contribution in [3.05, 3.63) is 18.2 Å². The van der Waals surface area contributed by atoms with Gasteiger partial charge in [0.05, 0.1) is 20.3 Å². The molecule has 0 saturated heterocycles. The maximum atomic E-state index is 5.96. The molecule has 0 bridgehead atoms. The van der Waals surface area contributed by atoms with Gasteiger partial charge in [-0.05, 0) is 43.2 Å². The number of aliphatic imine (C=N–C) groups is 1. The lowest BCUT2D eigenvalue weighted by atomic mass is 10.2. The molecule has 1 aromatic carbocycles. The standard InChI is InChI=1S/C15H21N3O2.HI/c1-19-13-6-5-10(7-14(13)20-2)17-15(16)18-12-8-11(12)9-3-4-9;/h5-7,9,11-12H,3-4,8H2,1-2H3,(H3,16,17,18);1H/t11-,12+;/m0./s1. The number of hydrogen-bond acceptors (Lipinski definition) is 3. The Hall–Kier alpha value is -1.18. The van der Waals surface area contributed by atoms with Gasteiger partial charge in [0.25, 0.3) is 0 Å². The van der Waals surface area contributed by atoms with Crippen LogP contribution in [0.2, 0.25) is 0 Å². The Balaban J connectivity index is 0.00000161. The molecule has 116 valence electrons. The zero-order valence-electron chi connectivity index (χ0n) is 12.3. The predicted molar refractivity (Wildman–Crippen MR) is 94.8 cm³/mol. The molecule has 0 amide bonds. The molecule has 1 aromatic rings. The van der Waals surface area contributed by atoms with E-state index in [1.165, 1.54) is 19.3 Å². The molecule has 0 spiro atoms. The van der Waals surface area contributed by atoms with E-state index in [1.807, 2.05) is 18.2 Å². The van der Waals surface area contributed by atoms with Crippen molar-refractivity contribution in [1.29, 1.82) is 0 Å². The van der Waals surface area contributed by atoms with Crippen molar-refractivity contribution in [2.24, 2.45) is 22.6 Å². The van der Waals surface area contributed by atoms with E-state index in [-0.39, 0.29) is 24.0 Å². The van der Waals surface area contributed by atoms with Gasteiger partial charge in [0.15, 0.2) is 17.5 Å². The van der Waals surface area contributed by atoms with Gasteiger partial charge in [-0.1, -0.05) is 0 Å². The van der Waals surface area contributed by atoms with Crippen molar-refractivity contribution >= 4 is 35.6 Å². The molecule has 3 rings (SSSR count). The lowest BCUT2D eigenvalue weighted by Gasteiger charge is -2.10. The maximum absolute atomic E-state index is 5.96. The summed E-state index contributed by atoms with van der Waals surface area (Å²) in [5.41, 5.74) is 6.81. The largest absolute Gasteiger partial charge is 0.493 e. The Labute approximate surface area is 142 Å². The van der Waals surface area contributed by atoms with Gasteiger partial charge in [0, 0.05) is 11.8 Å². The highest BCUT2D eigenvalue weighted by Crippen LogP contribution is 2.51. The van der Waals surface area contributed by atoms with Gasteiger partial charge in [0.2, 0.25) is 0 Å². The highest BCUT2D eigenvalue weighted by atomic mass is 127. The summed E-state index contributed by atoms with van der Waals surface area (Å²) in [5.74, 6) is 3.54. The summed E-state index contributed by atoms with van der Waals surface area (Å²) in [6.07, 6.45) is 3.94. The average molecular weight is 403 g/mol. The molecule has 2 aliphatic rings. The Kier molecular flexibility index (Phi) is 5.18. The summed E-state index contributed by atoms with van der Waals surface area (Å²) in [4.78, 5) is 4.54. The Morgan fingerprint density at radius 3 is 2.57 bits per heavy atom. The first-order valence-corrected chi connectivity index (χ1v) is 7.03. The molecule has 6 heteroatoms. The van der Waals surface area contributed by atoms with Crippen LogP contribution in [-0.2, 0) is 0 Å². The van der Waals surface area contributed by atoms with Crippen molar-refractivity contribution in [3.8, 4) is 11.5 Å². The van der Waals surface area contributed by atoms with Crippen LogP contribution in [0.1, 0.15) is 19.3 Å². The molecule has 21 heavy (non-hydrogen) atoms. The monoisotopic (exact) mass is 403 g/mol. The van der Waals surface area contributed by atoms with Crippen LogP contribution < -0.4 is 20.5 Å². The SMILES string of the molecule is COc1ccc(NC(N)=N[C@@H]2C[C@H]2C2CC2)cc1OC.I. The summed E-state index contributed by atoms with van der Waals surface area (Å²) in [5, 5.41) is 3.11. The van der Waals surface area contributed by atoms with E-state index in [0.29, 0.717) is 23.5 Å². The van der Waals surface area contributed by atoms with Crippen LogP contribution in [0.3, 0.4) is 0 Å². The van der Waals surface area contributed by atoms with Crippen LogP contribution in [0, 0.1) is 11.8 Å². The Morgan fingerprint density at radius 1 is 1.24 bits per heavy atom. The van der Waals surface area contributed by atoms with Crippen molar-refractivity contribution < 1.29 is 9.47 Å². The molecule has 0 aromatic heterocycles. The van der Waals surface area contributed by atoms with Gasteiger partial charge >= 0.3 is 0 Å². The maximum Gasteiger partial charge on any atom is 0.193 e. The number of anilines is 1. The zero-order chi connectivity index (χ0) is 14.1. The lowest BCUT2D eigenvalue weighted by Crippen LogP contribution is -2.23. The summed E-state index contributed by atoms with van der Waals surface area (Å²) >= 11 is 0. The first-order chi connectivity index (χ1) is 9.71. The summed E-state index contributed by atoms with van der Waals surface area (Å²) in [6.45, 7) is 0. The highest BCUT2D eigenvalue weighted by Gasteiger charge is 2.47. The lowest BCUT2D eigenvalue weighted by molar-refractivity contribution is 0.355. The molecule has 2 aliphatic carbocycles. The minimum absolute atomic E-state index is 0. The Morgan fingerprint density at radius 2 is 1.95 bits per heavy atom. The first kappa shape index (κ1) is 16.2. The van der Waals surface area contributed by atoms with Crippen LogP contribution in [0.4, 0.5) is 5.69 Å².